The Morgan fingerprint density at radius 2 is 1.44 bits per heavy atom. The molecule has 0 fully saturated rings. The van der Waals surface area contributed by atoms with Crippen LogP contribution in [0.5, 0.6) is 0 Å². The lowest BCUT2D eigenvalue weighted by Gasteiger charge is -2.10. The van der Waals surface area contributed by atoms with Crippen LogP contribution in [0.3, 0.4) is 0 Å². The number of benzene rings is 2. The molecule has 0 aliphatic heterocycles. The maximum Gasteiger partial charge on any atom is 0.0681 e. The second-order valence-electron chi connectivity index (χ2n) is 4.12. The van der Waals surface area contributed by atoms with Crippen LogP contribution in [0.25, 0.3) is 11.1 Å². The third kappa shape index (κ3) is 2.00. The fourth-order valence-electron chi connectivity index (χ4n) is 2.05. The first-order valence-corrected chi connectivity index (χ1v) is 5.49. The lowest BCUT2D eigenvalue weighted by atomic mass is 9.95. The van der Waals surface area contributed by atoms with E-state index in [0.29, 0.717) is 0 Å². The van der Waals surface area contributed by atoms with Gasteiger partial charge >= 0.3 is 0 Å². The van der Waals surface area contributed by atoms with E-state index in [2.05, 4.69) is 44.2 Å². The van der Waals surface area contributed by atoms with E-state index in [0.717, 1.165) is 5.56 Å². The van der Waals surface area contributed by atoms with E-state index in [9.17, 15) is 0 Å². The second kappa shape index (κ2) is 4.50. The number of aliphatic hydroxyl groups is 1. The SMILES string of the molecule is Cc1cccc(C)c1-c1ccc(CO)cc1. The molecule has 16 heavy (non-hydrogen) atoms. The third-order valence-corrected chi connectivity index (χ3v) is 2.91. The maximum atomic E-state index is 9.01. The summed E-state index contributed by atoms with van der Waals surface area (Å²) in [5.74, 6) is 0. The normalized spacial score (nSPS) is 10.4. The standard InChI is InChI=1S/C15H16O/c1-11-4-3-5-12(2)15(11)14-8-6-13(10-16)7-9-14/h3-9,16H,10H2,1-2H3. The van der Waals surface area contributed by atoms with Gasteiger partial charge in [0.15, 0.2) is 0 Å². The fraction of sp³-hybridized carbons (Fsp3) is 0.200. The number of hydrogen-bond acceptors (Lipinski definition) is 1. The zero-order valence-electron chi connectivity index (χ0n) is 9.70. The van der Waals surface area contributed by atoms with Crippen LogP contribution in [-0.2, 0) is 6.61 Å². The van der Waals surface area contributed by atoms with Crippen molar-refractivity contribution in [2.24, 2.45) is 0 Å². The highest BCUT2D eigenvalue weighted by atomic mass is 16.3. The first kappa shape index (κ1) is 10.9. The first-order valence-electron chi connectivity index (χ1n) is 5.49. The molecule has 1 nitrogen and oxygen atoms in total. The Morgan fingerprint density at radius 1 is 0.875 bits per heavy atom. The molecule has 0 aromatic heterocycles. The summed E-state index contributed by atoms with van der Waals surface area (Å²) in [6.45, 7) is 4.36. The van der Waals surface area contributed by atoms with Crippen molar-refractivity contribution in [2.45, 2.75) is 20.5 Å². The maximum absolute atomic E-state index is 9.01. The predicted octanol–water partition coefficient (Wildman–Crippen LogP) is 3.46. The monoisotopic (exact) mass is 212 g/mol. The van der Waals surface area contributed by atoms with Gasteiger partial charge in [0.05, 0.1) is 6.61 Å². The number of aliphatic hydroxyl groups excluding tert-OH is 1. The molecule has 0 radical (unpaired) electrons. The molecule has 0 unspecified atom stereocenters. The average Bonchev–Trinajstić information content (AvgIpc) is 2.30. The minimum absolute atomic E-state index is 0.104. The van der Waals surface area contributed by atoms with E-state index in [4.69, 9.17) is 5.11 Å². The molecule has 0 amide bonds. The van der Waals surface area contributed by atoms with Gasteiger partial charge in [0.2, 0.25) is 0 Å². The van der Waals surface area contributed by atoms with Gasteiger partial charge in [0, 0.05) is 0 Å². The topological polar surface area (TPSA) is 20.2 Å². The molecule has 0 spiro atoms. The molecule has 0 saturated heterocycles. The molecule has 1 heteroatoms. The van der Waals surface area contributed by atoms with Gasteiger partial charge in [-0.25, -0.2) is 0 Å². The summed E-state index contributed by atoms with van der Waals surface area (Å²) in [5.41, 5.74) is 6.04. The van der Waals surface area contributed by atoms with Crippen LogP contribution >= 0.6 is 0 Å². The molecule has 0 heterocycles. The fourth-order valence-corrected chi connectivity index (χ4v) is 2.05. The van der Waals surface area contributed by atoms with Crippen LogP contribution in [0, 0.1) is 13.8 Å². The van der Waals surface area contributed by atoms with Crippen molar-refractivity contribution in [2.75, 3.05) is 0 Å². The summed E-state index contributed by atoms with van der Waals surface area (Å²) in [6, 6.07) is 14.4. The Morgan fingerprint density at radius 3 is 1.94 bits per heavy atom. The molecule has 2 aromatic carbocycles. The third-order valence-electron chi connectivity index (χ3n) is 2.91. The van der Waals surface area contributed by atoms with E-state index in [1.54, 1.807) is 0 Å². The summed E-state index contributed by atoms with van der Waals surface area (Å²) >= 11 is 0. The van der Waals surface area contributed by atoms with Crippen molar-refractivity contribution >= 4 is 0 Å². The summed E-state index contributed by atoms with van der Waals surface area (Å²) in [4.78, 5) is 0. The van der Waals surface area contributed by atoms with Crippen molar-refractivity contribution in [3.63, 3.8) is 0 Å². The summed E-state index contributed by atoms with van der Waals surface area (Å²) in [7, 11) is 0. The molecule has 0 aliphatic rings. The number of hydrogen-bond donors (Lipinski definition) is 1. The molecule has 82 valence electrons. The van der Waals surface area contributed by atoms with E-state index in [1.807, 2.05) is 12.1 Å². The van der Waals surface area contributed by atoms with Gasteiger partial charge in [0.1, 0.15) is 0 Å². The Labute approximate surface area is 96.4 Å². The Hall–Kier alpha value is -1.60. The molecule has 0 aliphatic carbocycles. The van der Waals surface area contributed by atoms with E-state index < -0.39 is 0 Å². The van der Waals surface area contributed by atoms with Gasteiger partial charge in [-0.3, -0.25) is 0 Å². The second-order valence-corrected chi connectivity index (χ2v) is 4.12. The average molecular weight is 212 g/mol. The Balaban J connectivity index is 2.50. The lowest BCUT2D eigenvalue weighted by Crippen LogP contribution is -1.88. The minimum Gasteiger partial charge on any atom is -0.392 e. The van der Waals surface area contributed by atoms with Crippen molar-refractivity contribution in [3.05, 3.63) is 59.2 Å². The molecule has 1 N–H and O–H groups in total. The quantitative estimate of drug-likeness (QED) is 0.808. The van der Waals surface area contributed by atoms with Gasteiger partial charge in [-0.15, -0.1) is 0 Å². The van der Waals surface area contributed by atoms with Gasteiger partial charge in [-0.05, 0) is 41.7 Å². The highest BCUT2D eigenvalue weighted by molar-refractivity contribution is 5.70. The van der Waals surface area contributed by atoms with Crippen molar-refractivity contribution < 1.29 is 5.11 Å². The molecule has 0 atom stereocenters. The largest absolute Gasteiger partial charge is 0.392 e. The molecular formula is C15H16O. The van der Waals surface area contributed by atoms with Gasteiger partial charge in [-0.2, -0.15) is 0 Å². The highest BCUT2D eigenvalue weighted by Gasteiger charge is 2.04. The van der Waals surface area contributed by atoms with E-state index in [1.165, 1.54) is 22.3 Å². The van der Waals surface area contributed by atoms with Crippen molar-refractivity contribution in [1.82, 2.24) is 0 Å². The Kier molecular flexibility index (Phi) is 3.07. The molecule has 2 aromatic rings. The molecule has 0 saturated carbocycles. The molecular weight excluding hydrogens is 196 g/mol. The van der Waals surface area contributed by atoms with Crippen LogP contribution in [-0.4, -0.2) is 5.11 Å². The Bertz CT molecular complexity index is 463. The van der Waals surface area contributed by atoms with Crippen molar-refractivity contribution in [1.29, 1.82) is 0 Å². The predicted molar refractivity (Wildman–Crippen MR) is 67.3 cm³/mol. The smallest absolute Gasteiger partial charge is 0.0681 e. The van der Waals surface area contributed by atoms with Crippen molar-refractivity contribution in [3.8, 4) is 11.1 Å². The highest BCUT2D eigenvalue weighted by Crippen LogP contribution is 2.27. The molecule has 2 rings (SSSR count). The van der Waals surface area contributed by atoms with Gasteiger partial charge in [-0.1, -0.05) is 42.5 Å². The van der Waals surface area contributed by atoms with E-state index in [-0.39, 0.29) is 6.61 Å². The van der Waals surface area contributed by atoms with Crippen LogP contribution in [0.4, 0.5) is 0 Å². The first-order chi connectivity index (χ1) is 7.72. The van der Waals surface area contributed by atoms with Crippen LogP contribution < -0.4 is 0 Å². The van der Waals surface area contributed by atoms with Crippen LogP contribution in [0.15, 0.2) is 42.5 Å². The number of rotatable bonds is 2. The minimum atomic E-state index is 0.104. The zero-order chi connectivity index (χ0) is 11.5. The van der Waals surface area contributed by atoms with Gasteiger partial charge in [0.25, 0.3) is 0 Å². The van der Waals surface area contributed by atoms with Crippen LogP contribution in [0.2, 0.25) is 0 Å². The summed E-state index contributed by atoms with van der Waals surface area (Å²) in [5, 5.41) is 9.01. The zero-order valence-corrected chi connectivity index (χ0v) is 9.70. The summed E-state index contributed by atoms with van der Waals surface area (Å²) in [6.07, 6.45) is 0. The van der Waals surface area contributed by atoms with Crippen LogP contribution in [0.1, 0.15) is 16.7 Å². The summed E-state index contributed by atoms with van der Waals surface area (Å²) < 4.78 is 0. The number of aryl methyl sites for hydroxylation is 2. The van der Waals surface area contributed by atoms with E-state index >= 15 is 0 Å². The van der Waals surface area contributed by atoms with Gasteiger partial charge < -0.3 is 5.11 Å². The molecule has 0 bridgehead atoms. The lowest BCUT2D eigenvalue weighted by molar-refractivity contribution is 0.282.